The lowest BCUT2D eigenvalue weighted by Gasteiger charge is -2.08. The number of carbonyl (C=O) groups excluding carboxylic acids is 1. The Morgan fingerprint density at radius 3 is 3.10 bits per heavy atom. The lowest BCUT2D eigenvalue weighted by molar-refractivity contribution is 0.0563. The maximum atomic E-state index is 11.4. The molecule has 3 rings (SSSR count). The number of nitrogens with two attached hydrogens (primary N) is 1. The number of rotatable bonds is 3. The van der Waals surface area contributed by atoms with E-state index in [-0.39, 0.29) is 11.8 Å². The van der Waals surface area contributed by atoms with Gasteiger partial charge in [-0.05, 0) is 35.9 Å². The highest BCUT2D eigenvalue weighted by Gasteiger charge is 2.21. The quantitative estimate of drug-likeness (QED) is 0.883. The zero-order chi connectivity index (χ0) is 14.1. The summed E-state index contributed by atoms with van der Waals surface area (Å²) in [6.07, 6.45) is 1.11. The molecule has 0 bridgehead atoms. The fourth-order valence-electron chi connectivity index (χ4n) is 2.19. The van der Waals surface area contributed by atoms with E-state index in [0.29, 0.717) is 5.76 Å². The highest BCUT2D eigenvalue weighted by atomic mass is 32.2. The Hall–Kier alpha value is -1.24. The van der Waals surface area contributed by atoms with Crippen LogP contribution in [-0.2, 0) is 16.9 Å². The molecule has 0 spiro atoms. The summed E-state index contributed by atoms with van der Waals surface area (Å²) in [6.45, 7) is 0. The second-order valence-corrected chi connectivity index (χ2v) is 6.84. The third kappa shape index (κ3) is 2.51. The van der Waals surface area contributed by atoms with Gasteiger partial charge in [-0.3, -0.25) is 0 Å². The second kappa shape index (κ2) is 5.63. The summed E-state index contributed by atoms with van der Waals surface area (Å²) < 4.78 is 10.1. The van der Waals surface area contributed by atoms with Gasteiger partial charge in [0.05, 0.1) is 13.2 Å². The van der Waals surface area contributed by atoms with E-state index < -0.39 is 5.97 Å². The zero-order valence-electron chi connectivity index (χ0n) is 11.0. The van der Waals surface area contributed by atoms with Gasteiger partial charge in [-0.1, -0.05) is 0 Å². The molecule has 1 aliphatic heterocycles. The van der Waals surface area contributed by atoms with E-state index in [1.54, 1.807) is 23.5 Å². The third-order valence-corrected chi connectivity index (χ3v) is 5.60. The van der Waals surface area contributed by atoms with Crippen molar-refractivity contribution in [2.75, 3.05) is 12.9 Å². The van der Waals surface area contributed by atoms with Gasteiger partial charge in [0.15, 0.2) is 0 Å². The van der Waals surface area contributed by atoms with Crippen molar-refractivity contribution < 1.29 is 13.9 Å². The summed E-state index contributed by atoms with van der Waals surface area (Å²) in [5.41, 5.74) is 7.63. The number of furan rings is 1. The van der Waals surface area contributed by atoms with Crippen molar-refractivity contribution in [1.82, 2.24) is 0 Å². The Balaban J connectivity index is 1.84. The highest BCUT2D eigenvalue weighted by Crippen LogP contribution is 2.36. The molecule has 1 aliphatic rings. The third-order valence-electron chi connectivity index (χ3n) is 3.27. The molecule has 4 nitrogen and oxygen atoms in total. The first-order chi connectivity index (χ1) is 9.69. The van der Waals surface area contributed by atoms with Crippen LogP contribution in [-0.4, -0.2) is 18.8 Å². The molecular formula is C14H15NO3S2. The number of methoxy groups -OCH3 is 1. The predicted molar refractivity (Wildman–Crippen MR) is 80.3 cm³/mol. The largest absolute Gasteiger partial charge is 0.463 e. The minimum absolute atomic E-state index is 0.190. The van der Waals surface area contributed by atoms with Gasteiger partial charge in [-0.25, -0.2) is 4.79 Å². The summed E-state index contributed by atoms with van der Waals surface area (Å²) in [6, 6.07) is 5.18. The van der Waals surface area contributed by atoms with Gasteiger partial charge >= 0.3 is 5.97 Å². The lowest BCUT2D eigenvalue weighted by Crippen LogP contribution is -2.09. The molecule has 0 saturated carbocycles. The molecule has 0 saturated heterocycles. The molecule has 2 aromatic rings. The van der Waals surface area contributed by atoms with Gasteiger partial charge in [0.25, 0.3) is 0 Å². The van der Waals surface area contributed by atoms with Crippen LogP contribution in [0.3, 0.4) is 0 Å². The van der Waals surface area contributed by atoms with Crippen molar-refractivity contribution in [3.8, 4) is 0 Å². The minimum Gasteiger partial charge on any atom is -0.463 e. The monoisotopic (exact) mass is 309 g/mol. The van der Waals surface area contributed by atoms with Crippen LogP contribution in [0.15, 0.2) is 22.6 Å². The average Bonchev–Trinajstić information content (AvgIpc) is 3.12. The predicted octanol–water partition coefficient (Wildman–Crippen LogP) is 2.97. The Morgan fingerprint density at radius 2 is 2.35 bits per heavy atom. The van der Waals surface area contributed by atoms with E-state index in [2.05, 4.69) is 10.8 Å². The summed E-state index contributed by atoms with van der Waals surface area (Å²) in [4.78, 5) is 13.9. The molecule has 0 aliphatic carbocycles. The molecule has 0 radical (unpaired) electrons. The number of hydrogen-bond acceptors (Lipinski definition) is 6. The first-order valence-corrected chi connectivity index (χ1v) is 8.29. The topological polar surface area (TPSA) is 65.5 Å². The molecule has 0 aromatic carbocycles. The molecule has 2 N–H and O–H groups in total. The number of ether oxygens (including phenoxy) is 1. The lowest BCUT2D eigenvalue weighted by atomic mass is 10.1. The van der Waals surface area contributed by atoms with E-state index in [1.807, 2.05) is 11.8 Å². The Labute approximate surface area is 125 Å². The van der Waals surface area contributed by atoms with E-state index in [1.165, 1.54) is 23.3 Å². The van der Waals surface area contributed by atoms with E-state index in [0.717, 1.165) is 17.1 Å². The number of carbonyl (C=O) groups is 1. The van der Waals surface area contributed by atoms with E-state index in [9.17, 15) is 4.79 Å². The maximum Gasteiger partial charge on any atom is 0.373 e. The van der Waals surface area contributed by atoms with Gasteiger partial charge < -0.3 is 14.9 Å². The van der Waals surface area contributed by atoms with Crippen LogP contribution in [0.5, 0.6) is 0 Å². The molecule has 20 heavy (non-hydrogen) atoms. The Kier molecular flexibility index (Phi) is 3.87. The van der Waals surface area contributed by atoms with Crippen LogP contribution in [0.4, 0.5) is 0 Å². The van der Waals surface area contributed by atoms with Gasteiger partial charge in [-0.2, -0.15) is 11.8 Å². The molecule has 3 heterocycles. The van der Waals surface area contributed by atoms with Gasteiger partial charge in [0, 0.05) is 15.5 Å². The normalized spacial score (nSPS) is 15.7. The molecular weight excluding hydrogens is 294 g/mol. The number of hydrogen-bond donors (Lipinski definition) is 1. The SMILES string of the molecule is COC(=O)c1ccc(C(N)c2cc3c(s2)CCSC3)o1. The van der Waals surface area contributed by atoms with Crippen LogP contribution in [0.25, 0.3) is 0 Å². The smallest absolute Gasteiger partial charge is 0.373 e. The van der Waals surface area contributed by atoms with Gasteiger partial charge in [0.2, 0.25) is 5.76 Å². The molecule has 106 valence electrons. The minimum atomic E-state index is -0.481. The zero-order valence-corrected chi connectivity index (χ0v) is 12.7. The van der Waals surface area contributed by atoms with Crippen LogP contribution in [0, 0.1) is 0 Å². The van der Waals surface area contributed by atoms with Crippen LogP contribution in [0.2, 0.25) is 0 Å². The molecule has 1 unspecified atom stereocenters. The number of fused-ring (bicyclic) bond motifs is 1. The molecule has 1 atom stereocenters. The van der Waals surface area contributed by atoms with Crippen molar-refractivity contribution >= 4 is 29.1 Å². The first-order valence-electron chi connectivity index (χ1n) is 6.32. The number of thioether (sulfide) groups is 1. The Bertz CT molecular complexity index is 609. The van der Waals surface area contributed by atoms with Crippen molar-refractivity contribution in [2.45, 2.75) is 18.2 Å². The number of esters is 1. The first kappa shape index (κ1) is 13.7. The summed E-state index contributed by atoms with van der Waals surface area (Å²) in [5.74, 6) is 2.54. The maximum absolute atomic E-state index is 11.4. The van der Waals surface area contributed by atoms with Crippen molar-refractivity contribution in [2.24, 2.45) is 5.73 Å². The van der Waals surface area contributed by atoms with Gasteiger partial charge in [0.1, 0.15) is 5.76 Å². The number of aryl methyl sites for hydroxylation is 1. The van der Waals surface area contributed by atoms with E-state index >= 15 is 0 Å². The Morgan fingerprint density at radius 1 is 1.50 bits per heavy atom. The molecule has 0 fully saturated rings. The molecule has 6 heteroatoms. The number of thiophene rings is 1. The molecule has 2 aromatic heterocycles. The fraction of sp³-hybridized carbons (Fsp3) is 0.357. The van der Waals surface area contributed by atoms with E-state index in [4.69, 9.17) is 10.2 Å². The summed E-state index contributed by atoms with van der Waals surface area (Å²) in [7, 11) is 1.33. The van der Waals surface area contributed by atoms with Crippen LogP contribution >= 0.6 is 23.1 Å². The molecule has 0 amide bonds. The van der Waals surface area contributed by atoms with Crippen molar-refractivity contribution in [3.05, 3.63) is 45.0 Å². The summed E-state index contributed by atoms with van der Waals surface area (Å²) >= 11 is 3.70. The van der Waals surface area contributed by atoms with Crippen molar-refractivity contribution in [3.63, 3.8) is 0 Å². The van der Waals surface area contributed by atoms with Gasteiger partial charge in [-0.15, -0.1) is 11.3 Å². The van der Waals surface area contributed by atoms with Crippen LogP contribution < -0.4 is 5.73 Å². The average molecular weight is 309 g/mol. The van der Waals surface area contributed by atoms with Crippen LogP contribution in [0.1, 0.15) is 37.7 Å². The fourth-order valence-corrected chi connectivity index (χ4v) is 4.58. The standard InChI is InChI=1S/C14H15NO3S2/c1-17-14(16)10-3-2-9(18-10)13(15)12-6-8-7-19-5-4-11(8)20-12/h2-3,6,13H,4-5,7,15H2,1H3. The second-order valence-electron chi connectivity index (χ2n) is 4.57. The summed E-state index contributed by atoms with van der Waals surface area (Å²) in [5, 5.41) is 0. The highest BCUT2D eigenvalue weighted by molar-refractivity contribution is 7.98. The van der Waals surface area contributed by atoms with Crippen molar-refractivity contribution in [1.29, 1.82) is 0 Å².